The Labute approximate surface area is 123 Å². The van der Waals surface area contributed by atoms with Crippen LogP contribution >= 0.6 is 0 Å². The topological polar surface area (TPSA) is 115 Å². The Bertz CT molecular complexity index is 979. The summed E-state index contributed by atoms with van der Waals surface area (Å²) in [5, 5.41) is 0. The maximum Gasteiger partial charge on any atom is 0.329 e. The summed E-state index contributed by atoms with van der Waals surface area (Å²) < 4.78 is 1.07. The van der Waals surface area contributed by atoms with Crippen molar-refractivity contribution < 1.29 is 9.59 Å². The first-order valence-corrected chi connectivity index (χ1v) is 6.40. The Kier molecular flexibility index (Phi) is 2.91. The van der Waals surface area contributed by atoms with Gasteiger partial charge in [0.15, 0.2) is 0 Å². The van der Waals surface area contributed by atoms with E-state index in [1.54, 1.807) is 18.2 Å². The molecule has 0 saturated heterocycles. The molecule has 1 aromatic heterocycles. The highest BCUT2D eigenvalue weighted by Crippen LogP contribution is 2.30. The molecule has 0 aliphatic heterocycles. The first-order valence-electron chi connectivity index (χ1n) is 6.40. The second-order valence-electron chi connectivity index (χ2n) is 4.88. The molecule has 2 aromatic rings. The van der Waals surface area contributed by atoms with Gasteiger partial charge in [-0.2, -0.15) is 0 Å². The first-order chi connectivity index (χ1) is 10.4. The molecule has 3 rings (SSSR count). The number of allylic oxidation sites excluding steroid dienone is 1. The summed E-state index contributed by atoms with van der Waals surface area (Å²) in [5.41, 5.74) is 5.37. The average Bonchev–Trinajstić information content (AvgIpc) is 2.50. The minimum Gasteiger partial charge on any atom is -0.384 e. The summed E-state index contributed by atoms with van der Waals surface area (Å²) in [6, 6.07) is 6.44. The van der Waals surface area contributed by atoms with E-state index in [9.17, 15) is 19.2 Å². The molecular weight excluding hydrogens is 286 g/mol. The maximum atomic E-state index is 12.1. The standard InChI is InChI=1S/C15H11N3O4/c1-18-13(16)11(14(21)17-15(18)22)9-6-10(19)12(20)8-5-3-2-4-7(8)9/h2-6H,16H2,1H3,(H,17,21,22). The van der Waals surface area contributed by atoms with E-state index >= 15 is 0 Å². The quantitative estimate of drug-likeness (QED) is 0.710. The van der Waals surface area contributed by atoms with Crippen LogP contribution in [0.3, 0.4) is 0 Å². The van der Waals surface area contributed by atoms with Crippen molar-refractivity contribution in [2.45, 2.75) is 0 Å². The number of fused-ring (bicyclic) bond motifs is 1. The molecule has 0 radical (unpaired) electrons. The predicted molar refractivity (Wildman–Crippen MR) is 79.6 cm³/mol. The van der Waals surface area contributed by atoms with Gasteiger partial charge in [0.1, 0.15) is 5.82 Å². The molecule has 110 valence electrons. The third-order valence-corrected chi connectivity index (χ3v) is 3.60. The molecule has 1 heterocycles. The minimum absolute atomic E-state index is 0.00426. The molecule has 22 heavy (non-hydrogen) atoms. The number of nitrogen functional groups attached to an aromatic ring is 1. The van der Waals surface area contributed by atoms with E-state index in [1.165, 1.54) is 13.1 Å². The van der Waals surface area contributed by atoms with Crippen LogP contribution in [0.2, 0.25) is 0 Å². The molecule has 0 saturated carbocycles. The smallest absolute Gasteiger partial charge is 0.329 e. The Morgan fingerprint density at radius 3 is 2.36 bits per heavy atom. The summed E-state index contributed by atoms with van der Waals surface area (Å²) in [6.07, 6.45) is 1.08. The molecule has 0 spiro atoms. The van der Waals surface area contributed by atoms with Gasteiger partial charge in [0.2, 0.25) is 11.6 Å². The third-order valence-electron chi connectivity index (χ3n) is 3.60. The van der Waals surface area contributed by atoms with Gasteiger partial charge in [0, 0.05) is 18.2 Å². The van der Waals surface area contributed by atoms with Crippen molar-refractivity contribution >= 4 is 23.0 Å². The van der Waals surface area contributed by atoms with E-state index < -0.39 is 22.8 Å². The van der Waals surface area contributed by atoms with Crippen LogP contribution in [0.1, 0.15) is 21.5 Å². The van der Waals surface area contributed by atoms with Crippen molar-refractivity contribution in [3.63, 3.8) is 0 Å². The summed E-state index contributed by atoms with van der Waals surface area (Å²) in [5.74, 6) is -1.45. The summed E-state index contributed by atoms with van der Waals surface area (Å²) in [7, 11) is 1.40. The van der Waals surface area contributed by atoms with E-state index in [1.807, 2.05) is 0 Å². The van der Waals surface area contributed by atoms with Gasteiger partial charge in [-0.1, -0.05) is 24.3 Å². The largest absolute Gasteiger partial charge is 0.384 e. The summed E-state index contributed by atoms with van der Waals surface area (Å²) >= 11 is 0. The van der Waals surface area contributed by atoms with Crippen molar-refractivity contribution in [2.24, 2.45) is 7.05 Å². The predicted octanol–water partition coefficient (Wildman–Crippen LogP) is -0.147. The number of nitrogens with two attached hydrogens (primary N) is 1. The molecule has 0 amide bonds. The fourth-order valence-electron chi connectivity index (χ4n) is 2.43. The number of aromatic amines is 1. The number of nitrogens with zero attached hydrogens (tertiary/aromatic N) is 1. The number of carbonyl (C=O) groups is 2. The van der Waals surface area contributed by atoms with E-state index in [2.05, 4.69) is 4.98 Å². The fraction of sp³-hybridized carbons (Fsp3) is 0.0667. The number of hydrogen-bond acceptors (Lipinski definition) is 5. The normalized spacial score (nSPS) is 13.8. The zero-order valence-electron chi connectivity index (χ0n) is 11.5. The molecule has 7 heteroatoms. The van der Waals surface area contributed by atoms with E-state index in [-0.39, 0.29) is 22.5 Å². The SMILES string of the molecule is Cn1c(N)c(C2=CC(=O)C(=O)c3ccccc32)c(=O)[nH]c1=O. The van der Waals surface area contributed by atoms with Gasteiger partial charge in [0.05, 0.1) is 5.56 Å². The number of anilines is 1. The number of nitrogens with one attached hydrogen (secondary N) is 1. The van der Waals surface area contributed by atoms with Crippen LogP contribution in [-0.4, -0.2) is 21.1 Å². The van der Waals surface area contributed by atoms with Gasteiger partial charge in [-0.3, -0.25) is 23.9 Å². The Balaban J connectivity index is 2.39. The molecule has 1 aliphatic rings. The van der Waals surface area contributed by atoms with Crippen LogP contribution < -0.4 is 17.0 Å². The third kappa shape index (κ3) is 1.83. The number of carbonyl (C=O) groups excluding carboxylic acids is 2. The summed E-state index contributed by atoms with van der Waals surface area (Å²) in [4.78, 5) is 49.6. The molecular formula is C15H11N3O4. The number of Topliss-reactive ketones (excluding diaryl/α,β-unsaturated/α-hetero) is 1. The van der Waals surface area contributed by atoms with Crippen molar-refractivity contribution in [3.05, 3.63) is 67.9 Å². The second-order valence-corrected chi connectivity index (χ2v) is 4.88. The van der Waals surface area contributed by atoms with Crippen LogP contribution in [0.4, 0.5) is 5.82 Å². The van der Waals surface area contributed by atoms with Crippen LogP contribution in [0, 0.1) is 0 Å². The van der Waals surface area contributed by atoms with Gasteiger partial charge in [-0.25, -0.2) is 4.79 Å². The monoisotopic (exact) mass is 297 g/mol. The number of H-pyrrole nitrogens is 1. The van der Waals surface area contributed by atoms with Gasteiger partial charge >= 0.3 is 5.69 Å². The minimum atomic E-state index is -0.735. The first kappa shape index (κ1) is 13.7. The highest BCUT2D eigenvalue weighted by molar-refractivity contribution is 6.51. The van der Waals surface area contributed by atoms with E-state index in [4.69, 9.17) is 5.73 Å². The van der Waals surface area contributed by atoms with Crippen molar-refractivity contribution in [1.82, 2.24) is 9.55 Å². The van der Waals surface area contributed by atoms with E-state index in [0.717, 1.165) is 10.6 Å². The Hall–Kier alpha value is -3.22. The fourth-order valence-corrected chi connectivity index (χ4v) is 2.43. The molecule has 1 aromatic carbocycles. The van der Waals surface area contributed by atoms with Crippen molar-refractivity contribution in [3.8, 4) is 0 Å². The van der Waals surface area contributed by atoms with Crippen molar-refractivity contribution in [1.29, 1.82) is 0 Å². The van der Waals surface area contributed by atoms with Crippen molar-refractivity contribution in [2.75, 3.05) is 5.73 Å². The summed E-state index contributed by atoms with van der Waals surface area (Å²) in [6.45, 7) is 0. The lowest BCUT2D eigenvalue weighted by Crippen LogP contribution is -2.33. The molecule has 7 nitrogen and oxygen atoms in total. The van der Waals surface area contributed by atoms with Crippen LogP contribution in [0.25, 0.3) is 5.57 Å². The number of aromatic nitrogens is 2. The lowest BCUT2D eigenvalue weighted by molar-refractivity contribution is -0.111. The molecule has 3 N–H and O–H groups in total. The zero-order chi connectivity index (χ0) is 16.0. The van der Waals surface area contributed by atoms with Gasteiger partial charge < -0.3 is 5.73 Å². The van der Waals surface area contributed by atoms with Gasteiger partial charge in [-0.15, -0.1) is 0 Å². The highest BCUT2D eigenvalue weighted by Gasteiger charge is 2.28. The molecule has 0 fully saturated rings. The zero-order valence-corrected chi connectivity index (χ0v) is 11.5. The lowest BCUT2D eigenvalue weighted by Gasteiger charge is -2.17. The lowest BCUT2D eigenvalue weighted by atomic mass is 9.86. The number of rotatable bonds is 1. The van der Waals surface area contributed by atoms with Crippen LogP contribution in [-0.2, 0) is 11.8 Å². The average molecular weight is 297 g/mol. The van der Waals surface area contributed by atoms with Gasteiger partial charge in [-0.05, 0) is 11.6 Å². The molecule has 0 atom stereocenters. The van der Waals surface area contributed by atoms with Crippen LogP contribution in [0.15, 0.2) is 39.9 Å². The Morgan fingerprint density at radius 2 is 1.68 bits per heavy atom. The second kappa shape index (κ2) is 4.66. The van der Waals surface area contributed by atoms with E-state index in [0.29, 0.717) is 5.56 Å². The molecule has 0 unspecified atom stereocenters. The van der Waals surface area contributed by atoms with Gasteiger partial charge in [0.25, 0.3) is 5.56 Å². The molecule has 0 bridgehead atoms. The molecule has 1 aliphatic carbocycles. The van der Waals surface area contributed by atoms with Crippen LogP contribution in [0.5, 0.6) is 0 Å². The number of benzene rings is 1. The highest BCUT2D eigenvalue weighted by atomic mass is 16.2. The number of hydrogen-bond donors (Lipinski definition) is 2. The number of ketones is 2. The Morgan fingerprint density at radius 1 is 1.05 bits per heavy atom. The maximum absolute atomic E-state index is 12.1.